The molecule has 1 aromatic carbocycles. The molecule has 0 atom stereocenters. The van der Waals surface area contributed by atoms with Crippen molar-refractivity contribution in [1.29, 1.82) is 0 Å². The van der Waals surface area contributed by atoms with Gasteiger partial charge in [-0.3, -0.25) is 4.79 Å². The van der Waals surface area contributed by atoms with Crippen LogP contribution in [0.4, 0.5) is 0 Å². The van der Waals surface area contributed by atoms with E-state index in [1.54, 1.807) is 11.0 Å². The Labute approximate surface area is 124 Å². The number of hydrogen-bond donors (Lipinski definition) is 1. The Hall–Kier alpha value is -2.27. The number of aliphatic hydroxyl groups is 1. The largest absolute Gasteiger partial charge is 0.395 e. The average molecular weight is 285 g/mol. The van der Waals surface area contributed by atoms with Crippen molar-refractivity contribution in [1.82, 2.24) is 14.9 Å². The predicted octanol–water partition coefficient (Wildman–Crippen LogP) is 1.46. The molecule has 0 aliphatic rings. The van der Waals surface area contributed by atoms with Gasteiger partial charge in [-0.15, -0.1) is 0 Å². The number of hydrogen-bond acceptors (Lipinski definition) is 4. The second-order valence-electron chi connectivity index (χ2n) is 4.80. The number of aryl methyl sites for hydroxylation is 1. The van der Waals surface area contributed by atoms with E-state index >= 15 is 0 Å². The van der Waals surface area contributed by atoms with Crippen LogP contribution in [0.2, 0.25) is 0 Å². The van der Waals surface area contributed by atoms with Crippen molar-refractivity contribution >= 4 is 5.91 Å². The first-order valence-corrected chi connectivity index (χ1v) is 6.93. The summed E-state index contributed by atoms with van der Waals surface area (Å²) in [6.45, 7) is 2.60. The molecule has 0 saturated heterocycles. The van der Waals surface area contributed by atoms with Gasteiger partial charge in [-0.25, -0.2) is 9.97 Å². The summed E-state index contributed by atoms with van der Waals surface area (Å²) in [5.41, 5.74) is 2.27. The minimum Gasteiger partial charge on any atom is -0.395 e. The Morgan fingerprint density at radius 1 is 1.19 bits per heavy atom. The Morgan fingerprint density at radius 2 is 1.95 bits per heavy atom. The molecule has 1 amide bonds. The number of benzene rings is 1. The lowest BCUT2D eigenvalue weighted by Gasteiger charge is -2.21. The molecule has 0 fully saturated rings. The van der Waals surface area contributed by atoms with E-state index in [0.717, 1.165) is 17.7 Å². The first-order valence-electron chi connectivity index (χ1n) is 6.93. The summed E-state index contributed by atoms with van der Waals surface area (Å²) >= 11 is 0. The molecule has 0 aliphatic carbocycles. The molecule has 0 spiro atoms. The lowest BCUT2D eigenvalue weighted by Crippen LogP contribution is -2.35. The zero-order chi connectivity index (χ0) is 15.1. The topological polar surface area (TPSA) is 66.3 Å². The summed E-state index contributed by atoms with van der Waals surface area (Å²) in [5, 5.41) is 9.16. The number of rotatable bonds is 6. The Balaban J connectivity index is 2.06. The van der Waals surface area contributed by atoms with Gasteiger partial charge >= 0.3 is 0 Å². The number of aliphatic hydroxyl groups excluding tert-OH is 1. The van der Waals surface area contributed by atoms with Gasteiger partial charge in [0, 0.05) is 18.8 Å². The fourth-order valence-corrected chi connectivity index (χ4v) is 2.08. The van der Waals surface area contributed by atoms with E-state index in [0.29, 0.717) is 18.8 Å². The van der Waals surface area contributed by atoms with E-state index in [1.165, 1.54) is 6.33 Å². The first-order chi connectivity index (χ1) is 10.2. The van der Waals surface area contributed by atoms with Gasteiger partial charge < -0.3 is 10.0 Å². The molecule has 0 unspecified atom stereocenters. The lowest BCUT2D eigenvalue weighted by atomic mass is 10.1. The van der Waals surface area contributed by atoms with Crippen LogP contribution in [0.5, 0.6) is 0 Å². The van der Waals surface area contributed by atoms with Crippen LogP contribution in [0.1, 0.15) is 21.7 Å². The normalized spacial score (nSPS) is 10.4. The van der Waals surface area contributed by atoms with Crippen LogP contribution < -0.4 is 0 Å². The van der Waals surface area contributed by atoms with E-state index in [1.807, 2.05) is 37.3 Å². The number of nitrogens with zero attached hydrogens (tertiary/aromatic N) is 3. The van der Waals surface area contributed by atoms with E-state index < -0.39 is 0 Å². The molecular formula is C16H19N3O2. The van der Waals surface area contributed by atoms with Crippen molar-refractivity contribution in [2.24, 2.45) is 0 Å². The molecule has 110 valence electrons. The van der Waals surface area contributed by atoms with Crippen LogP contribution in [0.3, 0.4) is 0 Å². The third-order valence-electron chi connectivity index (χ3n) is 3.19. The second kappa shape index (κ2) is 7.50. The SMILES string of the molecule is Cc1cc(C(=O)N(CCO)CCc2ccccc2)ncn1. The van der Waals surface area contributed by atoms with Crippen molar-refractivity contribution in [3.8, 4) is 0 Å². The van der Waals surface area contributed by atoms with Crippen LogP contribution in [-0.4, -0.2) is 45.6 Å². The standard InChI is InChI=1S/C16H19N3O2/c1-13-11-15(18-12-17-13)16(21)19(9-10-20)8-7-14-5-3-2-4-6-14/h2-6,11-12,20H,7-10H2,1H3. The predicted molar refractivity (Wildman–Crippen MR) is 79.9 cm³/mol. The van der Waals surface area contributed by atoms with Crippen molar-refractivity contribution in [3.05, 3.63) is 59.7 Å². The summed E-state index contributed by atoms with van der Waals surface area (Å²) in [6.07, 6.45) is 2.13. The van der Waals surface area contributed by atoms with Crippen LogP contribution in [0, 0.1) is 6.92 Å². The molecule has 5 heteroatoms. The third-order valence-corrected chi connectivity index (χ3v) is 3.19. The third kappa shape index (κ3) is 4.36. The van der Waals surface area contributed by atoms with E-state index in [-0.39, 0.29) is 12.5 Å². The van der Waals surface area contributed by atoms with E-state index in [9.17, 15) is 4.79 Å². The van der Waals surface area contributed by atoms with Crippen LogP contribution in [0.15, 0.2) is 42.7 Å². The Morgan fingerprint density at radius 3 is 2.62 bits per heavy atom. The van der Waals surface area contributed by atoms with Crippen LogP contribution >= 0.6 is 0 Å². The highest BCUT2D eigenvalue weighted by atomic mass is 16.3. The van der Waals surface area contributed by atoms with Crippen molar-refractivity contribution in [2.45, 2.75) is 13.3 Å². The fourth-order valence-electron chi connectivity index (χ4n) is 2.08. The molecule has 2 rings (SSSR count). The zero-order valence-corrected chi connectivity index (χ0v) is 12.1. The molecule has 1 N–H and O–H groups in total. The van der Waals surface area contributed by atoms with Crippen LogP contribution in [-0.2, 0) is 6.42 Å². The lowest BCUT2D eigenvalue weighted by molar-refractivity contribution is 0.0717. The Kier molecular flexibility index (Phi) is 5.40. The molecule has 0 bridgehead atoms. The molecule has 0 aliphatic heterocycles. The molecule has 5 nitrogen and oxygen atoms in total. The molecular weight excluding hydrogens is 266 g/mol. The molecule has 2 aromatic rings. The minimum atomic E-state index is -0.175. The summed E-state index contributed by atoms with van der Waals surface area (Å²) in [4.78, 5) is 22.1. The van der Waals surface area contributed by atoms with Gasteiger partial charge in [-0.2, -0.15) is 0 Å². The molecule has 1 aromatic heterocycles. The van der Waals surface area contributed by atoms with Gasteiger partial charge in [-0.05, 0) is 25.0 Å². The highest BCUT2D eigenvalue weighted by Gasteiger charge is 2.16. The zero-order valence-electron chi connectivity index (χ0n) is 12.1. The highest BCUT2D eigenvalue weighted by Crippen LogP contribution is 2.06. The average Bonchev–Trinajstić information content (AvgIpc) is 2.52. The van der Waals surface area contributed by atoms with Crippen molar-refractivity contribution < 1.29 is 9.90 Å². The first kappa shape index (κ1) is 15.1. The maximum absolute atomic E-state index is 12.4. The van der Waals surface area contributed by atoms with Crippen molar-refractivity contribution in [2.75, 3.05) is 19.7 Å². The number of carbonyl (C=O) groups excluding carboxylic acids is 1. The van der Waals surface area contributed by atoms with E-state index in [4.69, 9.17) is 5.11 Å². The molecule has 0 saturated carbocycles. The quantitative estimate of drug-likeness (QED) is 0.872. The summed E-state index contributed by atoms with van der Waals surface area (Å²) in [5.74, 6) is -0.175. The summed E-state index contributed by atoms with van der Waals surface area (Å²) in [6, 6.07) is 11.6. The Bertz CT molecular complexity index is 587. The van der Waals surface area contributed by atoms with Gasteiger partial charge in [0.25, 0.3) is 5.91 Å². The second-order valence-corrected chi connectivity index (χ2v) is 4.80. The van der Waals surface area contributed by atoms with Gasteiger partial charge in [0.15, 0.2) is 0 Å². The summed E-state index contributed by atoms with van der Waals surface area (Å²) < 4.78 is 0. The van der Waals surface area contributed by atoms with Gasteiger partial charge in [-0.1, -0.05) is 30.3 Å². The maximum atomic E-state index is 12.4. The van der Waals surface area contributed by atoms with Crippen LogP contribution in [0.25, 0.3) is 0 Å². The highest BCUT2D eigenvalue weighted by molar-refractivity contribution is 5.92. The van der Waals surface area contributed by atoms with Crippen molar-refractivity contribution in [3.63, 3.8) is 0 Å². The smallest absolute Gasteiger partial charge is 0.272 e. The fraction of sp³-hybridized carbons (Fsp3) is 0.312. The van der Waals surface area contributed by atoms with Gasteiger partial charge in [0.1, 0.15) is 12.0 Å². The number of aromatic nitrogens is 2. The molecule has 0 radical (unpaired) electrons. The molecule has 21 heavy (non-hydrogen) atoms. The number of carbonyl (C=O) groups is 1. The molecule has 1 heterocycles. The van der Waals surface area contributed by atoms with E-state index in [2.05, 4.69) is 9.97 Å². The summed E-state index contributed by atoms with van der Waals surface area (Å²) in [7, 11) is 0. The maximum Gasteiger partial charge on any atom is 0.272 e. The number of amides is 1. The monoisotopic (exact) mass is 285 g/mol. The van der Waals surface area contributed by atoms with Gasteiger partial charge in [0.05, 0.1) is 6.61 Å². The minimum absolute atomic E-state index is 0.0649. The van der Waals surface area contributed by atoms with Gasteiger partial charge in [0.2, 0.25) is 0 Å².